The number of hydrogen-bond acceptors (Lipinski definition) is 5. The van der Waals surface area contributed by atoms with E-state index in [1.165, 1.54) is 4.31 Å². The summed E-state index contributed by atoms with van der Waals surface area (Å²) in [5, 5.41) is 12.7. The molecule has 1 aliphatic rings. The van der Waals surface area contributed by atoms with Gasteiger partial charge in [0.1, 0.15) is 16.6 Å². The van der Waals surface area contributed by atoms with E-state index in [1.807, 2.05) is 0 Å². The summed E-state index contributed by atoms with van der Waals surface area (Å²) in [6.45, 7) is 3.54. The van der Waals surface area contributed by atoms with E-state index in [0.29, 0.717) is 18.7 Å². The first kappa shape index (κ1) is 13.1. The first-order valence-electron chi connectivity index (χ1n) is 5.83. The van der Waals surface area contributed by atoms with Crippen molar-refractivity contribution in [3.8, 4) is 6.07 Å². The summed E-state index contributed by atoms with van der Waals surface area (Å²) in [6, 6.07) is 1.47. The van der Waals surface area contributed by atoms with Gasteiger partial charge in [-0.15, -0.1) is 0 Å². The second kappa shape index (κ2) is 4.71. The van der Waals surface area contributed by atoms with Gasteiger partial charge in [-0.2, -0.15) is 9.57 Å². The molecular formula is C11H15N3O3S. The normalized spacial score (nSPS) is 21.7. The van der Waals surface area contributed by atoms with Crippen LogP contribution in [0.1, 0.15) is 30.7 Å². The fraction of sp³-hybridized carbons (Fsp3) is 0.636. The Hall–Kier alpha value is -1.39. The highest BCUT2D eigenvalue weighted by Gasteiger charge is 2.37. The molecule has 0 radical (unpaired) electrons. The lowest BCUT2D eigenvalue weighted by molar-refractivity contribution is 0.296. The lowest BCUT2D eigenvalue weighted by Crippen LogP contribution is -2.43. The maximum absolute atomic E-state index is 12.5. The summed E-state index contributed by atoms with van der Waals surface area (Å²) in [6.07, 6.45) is 2.24. The van der Waals surface area contributed by atoms with Crippen LogP contribution in [0.3, 0.4) is 0 Å². The standard InChI is InChI=1S/C11H15N3O3S/c1-8-11(9(2)17-13-8)18(15,16)14-6-4-3-5-10(14)7-12/h10H,3-6H2,1-2H3. The molecule has 2 heterocycles. The summed E-state index contributed by atoms with van der Waals surface area (Å²) in [4.78, 5) is 0.102. The monoisotopic (exact) mass is 269 g/mol. The summed E-state index contributed by atoms with van der Waals surface area (Å²) < 4.78 is 31.2. The molecule has 0 amide bonds. The van der Waals surface area contributed by atoms with E-state index >= 15 is 0 Å². The maximum atomic E-state index is 12.5. The van der Waals surface area contributed by atoms with E-state index < -0.39 is 16.1 Å². The molecule has 1 aromatic heterocycles. The minimum Gasteiger partial charge on any atom is -0.360 e. The van der Waals surface area contributed by atoms with Crippen LogP contribution in [0.25, 0.3) is 0 Å². The Labute approximate surface area is 106 Å². The predicted octanol–water partition coefficient (Wildman–Crippen LogP) is 1.36. The molecule has 0 spiro atoms. The summed E-state index contributed by atoms with van der Waals surface area (Å²) >= 11 is 0. The van der Waals surface area contributed by atoms with Gasteiger partial charge >= 0.3 is 0 Å². The Bertz CT molecular complexity index is 566. The van der Waals surface area contributed by atoms with Crippen molar-refractivity contribution in [1.29, 1.82) is 5.26 Å². The molecule has 18 heavy (non-hydrogen) atoms. The fourth-order valence-corrected chi connectivity index (χ4v) is 4.18. The van der Waals surface area contributed by atoms with Crippen molar-refractivity contribution in [2.75, 3.05) is 6.54 Å². The van der Waals surface area contributed by atoms with E-state index in [1.54, 1.807) is 13.8 Å². The van der Waals surface area contributed by atoms with Crippen LogP contribution in [0.15, 0.2) is 9.42 Å². The highest BCUT2D eigenvalue weighted by Crippen LogP contribution is 2.28. The van der Waals surface area contributed by atoms with Crippen molar-refractivity contribution < 1.29 is 12.9 Å². The van der Waals surface area contributed by atoms with Gasteiger partial charge in [-0.3, -0.25) is 0 Å². The number of rotatable bonds is 2. The molecule has 1 saturated heterocycles. The number of aryl methyl sites for hydroxylation is 2. The lowest BCUT2D eigenvalue weighted by atomic mass is 10.1. The van der Waals surface area contributed by atoms with Crippen LogP contribution in [0, 0.1) is 25.2 Å². The van der Waals surface area contributed by atoms with Gasteiger partial charge in [0, 0.05) is 6.54 Å². The molecule has 0 aromatic carbocycles. The third kappa shape index (κ3) is 2.02. The zero-order chi connectivity index (χ0) is 13.3. The molecule has 7 heteroatoms. The van der Waals surface area contributed by atoms with Crippen LogP contribution in [0.4, 0.5) is 0 Å². The molecule has 6 nitrogen and oxygen atoms in total. The van der Waals surface area contributed by atoms with Crippen LogP contribution >= 0.6 is 0 Å². The van der Waals surface area contributed by atoms with Gasteiger partial charge in [0.2, 0.25) is 10.0 Å². The molecule has 2 rings (SSSR count). The maximum Gasteiger partial charge on any atom is 0.249 e. The molecule has 1 atom stereocenters. The van der Waals surface area contributed by atoms with Gasteiger partial charge in [-0.05, 0) is 33.1 Å². The van der Waals surface area contributed by atoms with Gasteiger partial charge in [0.05, 0.1) is 6.07 Å². The van der Waals surface area contributed by atoms with Crippen molar-refractivity contribution >= 4 is 10.0 Å². The number of sulfonamides is 1. The van der Waals surface area contributed by atoms with Crippen LogP contribution in [-0.4, -0.2) is 30.5 Å². The second-order valence-electron chi connectivity index (χ2n) is 4.41. The number of hydrogen-bond donors (Lipinski definition) is 0. The minimum absolute atomic E-state index is 0.102. The average Bonchev–Trinajstić information content (AvgIpc) is 2.69. The van der Waals surface area contributed by atoms with Gasteiger partial charge in [0.25, 0.3) is 0 Å². The van der Waals surface area contributed by atoms with E-state index in [2.05, 4.69) is 11.2 Å². The van der Waals surface area contributed by atoms with E-state index in [0.717, 1.165) is 12.8 Å². The Balaban J connectivity index is 2.46. The molecule has 98 valence electrons. The van der Waals surface area contributed by atoms with Gasteiger partial charge in [0.15, 0.2) is 5.76 Å². The largest absolute Gasteiger partial charge is 0.360 e. The Morgan fingerprint density at radius 3 is 2.72 bits per heavy atom. The highest BCUT2D eigenvalue weighted by atomic mass is 32.2. The first-order valence-corrected chi connectivity index (χ1v) is 7.27. The molecule has 1 fully saturated rings. The van der Waals surface area contributed by atoms with Crippen molar-refractivity contribution in [3.63, 3.8) is 0 Å². The highest BCUT2D eigenvalue weighted by molar-refractivity contribution is 7.89. The second-order valence-corrected chi connectivity index (χ2v) is 6.24. The predicted molar refractivity (Wildman–Crippen MR) is 63.1 cm³/mol. The summed E-state index contributed by atoms with van der Waals surface area (Å²) in [5.74, 6) is 0.273. The van der Waals surface area contributed by atoms with Crippen molar-refractivity contribution in [1.82, 2.24) is 9.46 Å². The zero-order valence-corrected chi connectivity index (χ0v) is 11.2. The minimum atomic E-state index is -3.69. The smallest absolute Gasteiger partial charge is 0.249 e. The van der Waals surface area contributed by atoms with E-state index in [-0.39, 0.29) is 10.7 Å². The number of nitriles is 1. The Kier molecular flexibility index (Phi) is 3.41. The molecule has 0 bridgehead atoms. The number of nitrogens with zero attached hydrogens (tertiary/aromatic N) is 3. The molecule has 0 N–H and O–H groups in total. The first-order chi connectivity index (χ1) is 8.48. The van der Waals surface area contributed by atoms with Crippen LogP contribution < -0.4 is 0 Å². The summed E-state index contributed by atoms with van der Waals surface area (Å²) in [5.41, 5.74) is 0.342. The third-order valence-corrected chi connectivity index (χ3v) is 5.29. The molecule has 1 unspecified atom stereocenters. The number of aromatic nitrogens is 1. The molecule has 1 aliphatic heterocycles. The van der Waals surface area contributed by atoms with Crippen molar-refractivity contribution in [2.24, 2.45) is 0 Å². The lowest BCUT2D eigenvalue weighted by Gasteiger charge is -2.30. The molecule has 1 aromatic rings. The van der Waals surface area contributed by atoms with Gasteiger partial charge < -0.3 is 4.52 Å². The van der Waals surface area contributed by atoms with Crippen molar-refractivity contribution in [3.05, 3.63) is 11.5 Å². The quantitative estimate of drug-likeness (QED) is 0.809. The molecule has 0 aliphatic carbocycles. The Morgan fingerprint density at radius 1 is 1.44 bits per heavy atom. The van der Waals surface area contributed by atoms with Crippen LogP contribution in [0.2, 0.25) is 0 Å². The zero-order valence-electron chi connectivity index (χ0n) is 10.4. The van der Waals surface area contributed by atoms with E-state index in [9.17, 15) is 8.42 Å². The van der Waals surface area contributed by atoms with Gasteiger partial charge in [-0.25, -0.2) is 8.42 Å². The average molecular weight is 269 g/mol. The molecule has 0 saturated carbocycles. The SMILES string of the molecule is Cc1noc(C)c1S(=O)(=O)N1CCCCC1C#N. The fourth-order valence-electron chi connectivity index (χ4n) is 2.28. The molecular weight excluding hydrogens is 254 g/mol. The third-order valence-electron chi connectivity index (χ3n) is 3.14. The van der Waals surface area contributed by atoms with Gasteiger partial charge in [-0.1, -0.05) is 5.16 Å². The van der Waals surface area contributed by atoms with Crippen LogP contribution in [-0.2, 0) is 10.0 Å². The van der Waals surface area contributed by atoms with E-state index in [4.69, 9.17) is 9.78 Å². The topological polar surface area (TPSA) is 87.2 Å². The number of piperidine rings is 1. The van der Waals surface area contributed by atoms with Crippen molar-refractivity contribution in [2.45, 2.75) is 44.0 Å². The Morgan fingerprint density at radius 2 is 2.17 bits per heavy atom. The summed E-state index contributed by atoms with van der Waals surface area (Å²) in [7, 11) is -3.69. The van der Waals surface area contributed by atoms with Crippen LogP contribution in [0.5, 0.6) is 0 Å².